The van der Waals surface area contributed by atoms with Crippen LogP contribution in [0.3, 0.4) is 0 Å². The average Bonchev–Trinajstić information content (AvgIpc) is 3.23. The van der Waals surface area contributed by atoms with Crippen LogP contribution in [0, 0.1) is 34.8 Å². The quantitative estimate of drug-likeness (QED) is 0.910. The Morgan fingerprint density at radius 2 is 1.81 bits per heavy atom. The molecule has 2 heterocycles. The van der Waals surface area contributed by atoms with E-state index in [4.69, 9.17) is 4.74 Å². The number of hydrogen-bond donors (Lipinski definition) is 1. The van der Waals surface area contributed by atoms with E-state index in [9.17, 15) is 18.8 Å². The highest BCUT2D eigenvalue weighted by Crippen LogP contribution is 2.43. The van der Waals surface area contributed by atoms with Crippen molar-refractivity contribution in [2.24, 2.45) is 11.8 Å². The molecule has 2 aromatic rings. The third-order valence-corrected chi connectivity index (χ3v) is 5.13. The van der Waals surface area contributed by atoms with Crippen LogP contribution in [0.25, 0.3) is 11.1 Å². The number of nitrogens with one attached hydrogen (secondary N) is 1. The molecule has 0 aliphatic carbocycles. The normalized spacial score (nSPS) is 26.5. The monoisotopic (exact) mass is 354 g/mol. The Kier molecular flexibility index (Phi) is 4.17. The van der Waals surface area contributed by atoms with Crippen molar-refractivity contribution in [2.45, 2.75) is 25.0 Å². The summed E-state index contributed by atoms with van der Waals surface area (Å²) in [5.41, 5.74) is 0.556. The molecule has 0 aromatic heterocycles. The third kappa shape index (κ3) is 2.74. The predicted octanol–water partition coefficient (Wildman–Crippen LogP) is 3.89. The summed E-state index contributed by atoms with van der Waals surface area (Å²) in [6.45, 7) is 0. The first-order chi connectivity index (χ1) is 12.6. The van der Waals surface area contributed by atoms with Gasteiger partial charge in [0.05, 0.1) is 30.1 Å². The Hall–Kier alpha value is -2.78. The van der Waals surface area contributed by atoms with E-state index in [1.807, 2.05) is 0 Å². The van der Waals surface area contributed by atoms with Crippen molar-refractivity contribution in [3.05, 3.63) is 54.1 Å². The van der Waals surface area contributed by atoms with Crippen molar-refractivity contribution in [3.63, 3.8) is 0 Å². The first-order valence-corrected chi connectivity index (χ1v) is 8.49. The predicted molar refractivity (Wildman–Crippen MR) is 90.9 cm³/mol. The number of amides is 1. The molecule has 2 fully saturated rings. The van der Waals surface area contributed by atoms with Crippen LogP contribution in [0.2, 0.25) is 0 Å². The molecule has 4 nitrogen and oxygen atoms in total. The van der Waals surface area contributed by atoms with Crippen LogP contribution in [0.1, 0.15) is 12.8 Å². The number of carbonyl (C=O) groups is 1. The molecule has 2 aliphatic heterocycles. The van der Waals surface area contributed by atoms with Crippen molar-refractivity contribution in [1.29, 1.82) is 5.26 Å². The second-order valence-electron chi connectivity index (χ2n) is 6.63. The minimum Gasteiger partial charge on any atom is -0.373 e. The molecule has 2 bridgehead atoms. The zero-order chi connectivity index (χ0) is 18.3. The van der Waals surface area contributed by atoms with Crippen molar-refractivity contribution >= 4 is 11.6 Å². The fraction of sp³-hybridized carbons (Fsp3) is 0.300. The molecule has 1 N–H and O–H groups in total. The van der Waals surface area contributed by atoms with Gasteiger partial charge >= 0.3 is 0 Å². The number of nitriles is 1. The van der Waals surface area contributed by atoms with Gasteiger partial charge in [-0.25, -0.2) is 8.78 Å². The summed E-state index contributed by atoms with van der Waals surface area (Å²) in [6.07, 6.45) is 1.09. The number of nitrogens with zero attached hydrogens (tertiary/aromatic N) is 1. The van der Waals surface area contributed by atoms with Gasteiger partial charge in [-0.15, -0.1) is 0 Å². The van der Waals surface area contributed by atoms with E-state index in [1.54, 1.807) is 6.07 Å². The first kappa shape index (κ1) is 16.7. The van der Waals surface area contributed by atoms with Crippen molar-refractivity contribution in [1.82, 2.24) is 0 Å². The number of halogens is 2. The van der Waals surface area contributed by atoms with Gasteiger partial charge in [-0.05, 0) is 37.1 Å². The van der Waals surface area contributed by atoms with Crippen LogP contribution in [0.5, 0.6) is 0 Å². The van der Waals surface area contributed by atoms with Gasteiger partial charge in [0, 0.05) is 16.8 Å². The summed E-state index contributed by atoms with van der Waals surface area (Å²) in [4.78, 5) is 12.6. The third-order valence-electron chi connectivity index (χ3n) is 5.13. The van der Waals surface area contributed by atoms with Gasteiger partial charge in [0.2, 0.25) is 5.91 Å². The lowest BCUT2D eigenvalue weighted by Gasteiger charge is -2.22. The van der Waals surface area contributed by atoms with Gasteiger partial charge in [-0.2, -0.15) is 5.26 Å². The SMILES string of the molecule is N#CC1[C@@H](C(=O)Nc2ccc(-c3ccccc3F)c(F)c2)[C@@H]2CC[C@H]1O2. The average molecular weight is 354 g/mol. The standard InChI is InChI=1S/C20H16F2N2O2/c21-15-4-2-1-3-12(15)13-6-5-11(9-16(13)22)24-20(25)19-14(10-23)17-7-8-18(19)26-17/h1-6,9,14,17-19H,7-8H2,(H,24,25)/t14?,17-,18+,19-/m1/s1. The Labute approximate surface area is 149 Å². The van der Waals surface area contributed by atoms with Crippen LogP contribution in [0.15, 0.2) is 42.5 Å². The summed E-state index contributed by atoms with van der Waals surface area (Å²) in [6, 6.07) is 12.2. The summed E-state index contributed by atoms with van der Waals surface area (Å²) < 4.78 is 34.0. The van der Waals surface area contributed by atoms with Gasteiger partial charge in [0.25, 0.3) is 0 Å². The molecule has 0 saturated carbocycles. The maximum Gasteiger partial charge on any atom is 0.231 e. The molecule has 26 heavy (non-hydrogen) atoms. The van der Waals surface area contributed by atoms with Crippen LogP contribution >= 0.6 is 0 Å². The number of fused-ring (bicyclic) bond motifs is 2. The molecule has 0 radical (unpaired) electrons. The largest absolute Gasteiger partial charge is 0.373 e. The van der Waals surface area contributed by atoms with Crippen LogP contribution < -0.4 is 5.32 Å². The number of hydrogen-bond acceptors (Lipinski definition) is 3. The Bertz CT molecular complexity index is 909. The number of carbonyl (C=O) groups excluding carboxylic acids is 1. The van der Waals surface area contributed by atoms with Crippen LogP contribution in [-0.4, -0.2) is 18.1 Å². The number of ether oxygens (including phenoxy) is 1. The molecule has 1 unspecified atom stereocenters. The maximum atomic E-state index is 14.4. The van der Waals surface area contributed by atoms with E-state index < -0.39 is 23.5 Å². The highest BCUT2D eigenvalue weighted by Gasteiger charge is 2.52. The fourth-order valence-corrected chi connectivity index (χ4v) is 3.89. The zero-order valence-electron chi connectivity index (χ0n) is 13.8. The Morgan fingerprint density at radius 1 is 1.08 bits per heavy atom. The lowest BCUT2D eigenvalue weighted by molar-refractivity contribution is -0.122. The van der Waals surface area contributed by atoms with E-state index in [0.29, 0.717) is 0 Å². The highest BCUT2D eigenvalue weighted by atomic mass is 19.1. The summed E-state index contributed by atoms with van der Waals surface area (Å²) in [7, 11) is 0. The van der Waals surface area contributed by atoms with Gasteiger partial charge in [-0.1, -0.05) is 18.2 Å². The second-order valence-corrected chi connectivity index (χ2v) is 6.63. The molecule has 4 atom stereocenters. The zero-order valence-corrected chi connectivity index (χ0v) is 13.8. The van der Waals surface area contributed by atoms with E-state index in [2.05, 4.69) is 11.4 Å². The smallest absolute Gasteiger partial charge is 0.231 e. The van der Waals surface area contributed by atoms with Gasteiger partial charge in [0.1, 0.15) is 11.6 Å². The molecule has 2 aliphatic rings. The van der Waals surface area contributed by atoms with Crippen LogP contribution in [-0.2, 0) is 9.53 Å². The second kappa shape index (κ2) is 6.50. The first-order valence-electron chi connectivity index (χ1n) is 8.49. The molecule has 2 aromatic carbocycles. The molecule has 6 heteroatoms. The molecule has 132 valence electrons. The Morgan fingerprint density at radius 3 is 2.54 bits per heavy atom. The van der Waals surface area contributed by atoms with Crippen molar-refractivity contribution in [2.75, 3.05) is 5.32 Å². The molecular weight excluding hydrogens is 338 g/mol. The molecule has 0 spiro atoms. The highest BCUT2D eigenvalue weighted by molar-refractivity contribution is 5.94. The van der Waals surface area contributed by atoms with Crippen LogP contribution in [0.4, 0.5) is 14.5 Å². The number of anilines is 1. The minimum absolute atomic E-state index is 0.124. The van der Waals surface area contributed by atoms with Gasteiger partial charge in [0.15, 0.2) is 0 Å². The van der Waals surface area contributed by atoms with E-state index >= 15 is 0 Å². The van der Waals surface area contributed by atoms with Gasteiger partial charge in [-0.3, -0.25) is 4.79 Å². The Balaban J connectivity index is 1.55. The molecular formula is C20H16F2N2O2. The van der Waals surface area contributed by atoms with E-state index in [0.717, 1.165) is 18.9 Å². The van der Waals surface area contributed by atoms with E-state index in [-0.39, 0.29) is 34.9 Å². The summed E-state index contributed by atoms with van der Waals surface area (Å²) in [5, 5.41) is 12.0. The topological polar surface area (TPSA) is 62.1 Å². The summed E-state index contributed by atoms with van der Waals surface area (Å²) in [5.74, 6) is -2.51. The van der Waals surface area contributed by atoms with Gasteiger partial charge < -0.3 is 10.1 Å². The lowest BCUT2D eigenvalue weighted by atomic mass is 9.79. The maximum absolute atomic E-state index is 14.4. The minimum atomic E-state index is -0.631. The van der Waals surface area contributed by atoms with Crippen molar-refractivity contribution < 1.29 is 18.3 Å². The summed E-state index contributed by atoms with van der Waals surface area (Å²) >= 11 is 0. The molecule has 1 amide bonds. The lowest BCUT2D eigenvalue weighted by Crippen LogP contribution is -2.36. The fourth-order valence-electron chi connectivity index (χ4n) is 3.89. The number of rotatable bonds is 3. The van der Waals surface area contributed by atoms with Crippen molar-refractivity contribution in [3.8, 4) is 17.2 Å². The number of benzene rings is 2. The molecule has 2 saturated heterocycles. The van der Waals surface area contributed by atoms with E-state index in [1.165, 1.54) is 30.3 Å². The molecule has 4 rings (SSSR count).